The maximum Gasteiger partial charge on any atom is 0.123 e. The van der Waals surface area contributed by atoms with Crippen LogP contribution in [0.3, 0.4) is 0 Å². The molecule has 15 heavy (non-hydrogen) atoms. The molecule has 2 nitrogen and oxygen atoms in total. The first-order chi connectivity index (χ1) is 7.22. The molecule has 0 saturated carbocycles. The van der Waals surface area contributed by atoms with Gasteiger partial charge in [-0.2, -0.15) is 0 Å². The molecule has 0 aromatic heterocycles. The molecular weight excluding hydrogens is 191 g/mol. The Kier molecular flexibility index (Phi) is 3.03. The fourth-order valence-corrected chi connectivity index (χ4v) is 2.49. The summed E-state index contributed by atoms with van der Waals surface area (Å²) >= 11 is 0. The Morgan fingerprint density at radius 1 is 1.53 bits per heavy atom. The van der Waals surface area contributed by atoms with Crippen molar-refractivity contribution in [1.82, 2.24) is 4.90 Å². The molecule has 2 unspecified atom stereocenters. The summed E-state index contributed by atoms with van der Waals surface area (Å²) in [6.45, 7) is 1.72. The van der Waals surface area contributed by atoms with E-state index in [9.17, 15) is 4.39 Å². The summed E-state index contributed by atoms with van der Waals surface area (Å²) in [6, 6.07) is 7.14. The molecule has 0 bridgehead atoms. The highest BCUT2D eigenvalue weighted by molar-refractivity contribution is 5.22. The van der Waals surface area contributed by atoms with Crippen LogP contribution in [0.1, 0.15) is 18.0 Å². The molecule has 1 heterocycles. The van der Waals surface area contributed by atoms with E-state index in [0.29, 0.717) is 12.5 Å². The standard InChI is InChI=1S/C12H17FN2/c1-15-6-5-10(8-14)12(15)9-3-2-4-11(13)7-9/h2-4,7,10,12H,5-6,8,14H2,1H3. The second-order valence-electron chi connectivity index (χ2n) is 4.26. The van der Waals surface area contributed by atoms with E-state index < -0.39 is 0 Å². The van der Waals surface area contributed by atoms with Gasteiger partial charge in [0.05, 0.1) is 0 Å². The second kappa shape index (κ2) is 4.29. The van der Waals surface area contributed by atoms with E-state index in [4.69, 9.17) is 5.73 Å². The lowest BCUT2D eigenvalue weighted by Crippen LogP contribution is -2.25. The van der Waals surface area contributed by atoms with Gasteiger partial charge in [0.2, 0.25) is 0 Å². The van der Waals surface area contributed by atoms with Crippen molar-refractivity contribution in [3.05, 3.63) is 35.6 Å². The number of likely N-dealkylation sites (tertiary alicyclic amines) is 1. The maximum atomic E-state index is 13.1. The molecule has 0 amide bonds. The van der Waals surface area contributed by atoms with Crippen molar-refractivity contribution >= 4 is 0 Å². The smallest absolute Gasteiger partial charge is 0.123 e. The molecule has 1 aliphatic heterocycles. The van der Waals surface area contributed by atoms with Crippen molar-refractivity contribution in [1.29, 1.82) is 0 Å². The maximum absolute atomic E-state index is 13.1. The Morgan fingerprint density at radius 2 is 2.33 bits per heavy atom. The van der Waals surface area contributed by atoms with E-state index in [-0.39, 0.29) is 11.9 Å². The Bertz CT molecular complexity index is 340. The molecule has 0 spiro atoms. The van der Waals surface area contributed by atoms with Gasteiger partial charge >= 0.3 is 0 Å². The van der Waals surface area contributed by atoms with Gasteiger partial charge in [0, 0.05) is 6.04 Å². The average Bonchev–Trinajstić information content (AvgIpc) is 2.59. The minimum absolute atomic E-state index is 0.163. The van der Waals surface area contributed by atoms with E-state index in [2.05, 4.69) is 11.9 Å². The van der Waals surface area contributed by atoms with Crippen LogP contribution in [0.2, 0.25) is 0 Å². The van der Waals surface area contributed by atoms with Crippen molar-refractivity contribution < 1.29 is 4.39 Å². The van der Waals surface area contributed by atoms with Crippen LogP contribution in [0.25, 0.3) is 0 Å². The summed E-state index contributed by atoms with van der Waals surface area (Å²) in [6.07, 6.45) is 1.11. The Hall–Kier alpha value is -0.930. The molecule has 1 saturated heterocycles. The van der Waals surface area contributed by atoms with Gasteiger partial charge in [-0.15, -0.1) is 0 Å². The Labute approximate surface area is 89.9 Å². The van der Waals surface area contributed by atoms with Gasteiger partial charge in [-0.1, -0.05) is 12.1 Å². The molecule has 2 N–H and O–H groups in total. The van der Waals surface area contributed by atoms with Gasteiger partial charge in [0.25, 0.3) is 0 Å². The van der Waals surface area contributed by atoms with E-state index in [1.54, 1.807) is 12.1 Å². The predicted octanol–water partition coefficient (Wildman–Crippen LogP) is 1.78. The number of nitrogens with two attached hydrogens (primary N) is 1. The molecule has 1 aromatic rings. The van der Waals surface area contributed by atoms with Crippen molar-refractivity contribution in [3.8, 4) is 0 Å². The zero-order valence-electron chi connectivity index (χ0n) is 8.99. The average molecular weight is 208 g/mol. The number of hydrogen-bond acceptors (Lipinski definition) is 2. The lowest BCUT2D eigenvalue weighted by atomic mass is 9.94. The molecule has 0 radical (unpaired) electrons. The van der Waals surface area contributed by atoms with Gasteiger partial charge in [0.15, 0.2) is 0 Å². The number of halogens is 1. The topological polar surface area (TPSA) is 29.3 Å². The van der Waals surface area contributed by atoms with Crippen LogP contribution in [-0.2, 0) is 0 Å². The number of hydrogen-bond donors (Lipinski definition) is 1. The molecule has 1 fully saturated rings. The first-order valence-electron chi connectivity index (χ1n) is 5.38. The molecule has 1 aliphatic rings. The molecule has 1 aromatic carbocycles. The summed E-state index contributed by atoms with van der Waals surface area (Å²) < 4.78 is 13.1. The molecule has 2 rings (SSSR count). The molecular formula is C12H17FN2. The molecule has 82 valence electrons. The Morgan fingerprint density at radius 3 is 3.00 bits per heavy atom. The normalized spacial score (nSPS) is 27.1. The highest BCUT2D eigenvalue weighted by atomic mass is 19.1. The molecule has 3 heteroatoms. The summed E-state index contributed by atoms with van der Waals surface area (Å²) in [5.74, 6) is 0.292. The number of rotatable bonds is 2. The minimum Gasteiger partial charge on any atom is -0.330 e. The molecule has 0 aliphatic carbocycles. The van der Waals surface area contributed by atoms with Crippen LogP contribution < -0.4 is 5.73 Å². The Balaban J connectivity index is 2.28. The van der Waals surface area contributed by atoms with Crippen LogP contribution >= 0.6 is 0 Å². The fraction of sp³-hybridized carbons (Fsp3) is 0.500. The third-order valence-electron chi connectivity index (χ3n) is 3.27. The van der Waals surface area contributed by atoms with Crippen molar-refractivity contribution in [3.63, 3.8) is 0 Å². The lowest BCUT2D eigenvalue weighted by molar-refractivity contribution is 0.279. The summed E-state index contributed by atoms with van der Waals surface area (Å²) in [4.78, 5) is 2.26. The third kappa shape index (κ3) is 2.03. The van der Waals surface area contributed by atoms with Crippen molar-refractivity contribution in [2.75, 3.05) is 20.1 Å². The third-order valence-corrected chi connectivity index (χ3v) is 3.27. The summed E-state index contributed by atoms with van der Waals surface area (Å²) in [5.41, 5.74) is 6.79. The quantitative estimate of drug-likeness (QED) is 0.802. The molecule has 2 atom stereocenters. The van der Waals surface area contributed by atoms with E-state index in [1.165, 1.54) is 6.07 Å². The van der Waals surface area contributed by atoms with Gasteiger partial charge < -0.3 is 5.73 Å². The number of benzene rings is 1. The van der Waals surface area contributed by atoms with Crippen LogP contribution in [0.15, 0.2) is 24.3 Å². The van der Waals surface area contributed by atoms with Crippen LogP contribution in [0.4, 0.5) is 4.39 Å². The second-order valence-corrected chi connectivity index (χ2v) is 4.26. The van der Waals surface area contributed by atoms with E-state index >= 15 is 0 Å². The first kappa shape index (κ1) is 10.6. The van der Waals surface area contributed by atoms with E-state index in [0.717, 1.165) is 18.5 Å². The van der Waals surface area contributed by atoms with Crippen LogP contribution in [0, 0.1) is 11.7 Å². The van der Waals surface area contributed by atoms with Crippen LogP contribution in [0.5, 0.6) is 0 Å². The highest BCUT2D eigenvalue weighted by Crippen LogP contribution is 2.35. The summed E-state index contributed by atoms with van der Waals surface area (Å²) in [5, 5.41) is 0. The zero-order valence-corrected chi connectivity index (χ0v) is 8.99. The fourth-order valence-electron chi connectivity index (χ4n) is 2.49. The minimum atomic E-state index is -0.163. The van der Waals surface area contributed by atoms with E-state index in [1.807, 2.05) is 6.07 Å². The SMILES string of the molecule is CN1CCC(CN)C1c1cccc(F)c1. The largest absolute Gasteiger partial charge is 0.330 e. The zero-order chi connectivity index (χ0) is 10.8. The van der Waals surface area contributed by atoms with Gasteiger partial charge in [-0.3, -0.25) is 4.90 Å². The number of nitrogens with zero attached hydrogens (tertiary/aromatic N) is 1. The van der Waals surface area contributed by atoms with Crippen molar-refractivity contribution in [2.45, 2.75) is 12.5 Å². The van der Waals surface area contributed by atoms with Gasteiger partial charge in [0.1, 0.15) is 5.82 Å². The van der Waals surface area contributed by atoms with Crippen molar-refractivity contribution in [2.24, 2.45) is 11.7 Å². The highest BCUT2D eigenvalue weighted by Gasteiger charge is 2.31. The summed E-state index contributed by atoms with van der Waals surface area (Å²) in [7, 11) is 2.07. The van der Waals surface area contributed by atoms with Gasteiger partial charge in [-0.25, -0.2) is 4.39 Å². The monoisotopic (exact) mass is 208 g/mol. The van der Waals surface area contributed by atoms with Gasteiger partial charge in [-0.05, 0) is 50.2 Å². The predicted molar refractivity (Wildman–Crippen MR) is 58.9 cm³/mol. The van der Waals surface area contributed by atoms with Crippen LogP contribution in [-0.4, -0.2) is 25.0 Å². The first-order valence-corrected chi connectivity index (χ1v) is 5.38. The lowest BCUT2D eigenvalue weighted by Gasteiger charge is -2.24.